The number of halogens is 2. The van der Waals surface area contributed by atoms with E-state index in [9.17, 15) is 14.0 Å². The van der Waals surface area contributed by atoms with E-state index in [1.54, 1.807) is 0 Å². The van der Waals surface area contributed by atoms with Crippen molar-refractivity contribution in [1.82, 2.24) is 5.32 Å². The Kier molecular flexibility index (Phi) is 7.13. The molecule has 0 aromatic heterocycles. The first-order valence-corrected chi connectivity index (χ1v) is 8.70. The van der Waals surface area contributed by atoms with E-state index < -0.39 is 24.3 Å². The topological polar surface area (TPSA) is 55.4 Å². The summed E-state index contributed by atoms with van der Waals surface area (Å²) in [6.07, 6.45) is 1.61. The molecule has 0 fully saturated rings. The van der Waals surface area contributed by atoms with Crippen LogP contribution in [0.15, 0.2) is 53.0 Å². The predicted molar refractivity (Wildman–Crippen MR) is 96.8 cm³/mol. The number of ether oxygens (including phenoxy) is 1. The van der Waals surface area contributed by atoms with Crippen molar-refractivity contribution in [3.63, 3.8) is 0 Å². The normalized spacial score (nSPS) is 11.6. The highest BCUT2D eigenvalue weighted by Gasteiger charge is 2.16. The second-order valence-corrected chi connectivity index (χ2v) is 6.61. The monoisotopic (exact) mass is 407 g/mol. The number of benzene rings is 2. The molecule has 0 aliphatic carbocycles. The minimum atomic E-state index is -0.864. The van der Waals surface area contributed by atoms with Gasteiger partial charge in [-0.25, -0.2) is 9.18 Å². The van der Waals surface area contributed by atoms with Crippen molar-refractivity contribution in [3.05, 3.63) is 69.9 Å². The van der Waals surface area contributed by atoms with Gasteiger partial charge in [0.2, 0.25) is 0 Å². The number of nitrogens with one attached hydrogen (secondary N) is 1. The summed E-state index contributed by atoms with van der Waals surface area (Å²) in [6.45, 7) is 1.45. The van der Waals surface area contributed by atoms with Crippen molar-refractivity contribution < 1.29 is 18.7 Å². The third-order valence-electron chi connectivity index (χ3n) is 3.60. The summed E-state index contributed by atoms with van der Waals surface area (Å²) in [7, 11) is 0. The molecule has 0 spiro atoms. The van der Waals surface area contributed by atoms with Crippen molar-refractivity contribution in [1.29, 1.82) is 0 Å². The predicted octanol–water partition coefficient (Wildman–Crippen LogP) is 3.88. The van der Waals surface area contributed by atoms with Crippen LogP contribution in [-0.2, 0) is 16.0 Å². The molecule has 0 unspecified atom stereocenters. The molecule has 0 heterocycles. The summed E-state index contributed by atoms with van der Waals surface area (Å²) >= 11 is 3.11. The number of carbonyl (C=O) groups is 2. The number of aryl methyl sites for hydroxylation is 1. The maximum absolute atomic E-state index is 13.7. The second-order valence-electron chi connectivity index (χ2n) is 5.69. The Morgan fingerprint density at radius 2 is 1.92 bits per heavy atom. The van der Waals surface area contributed by atoms with Crippen molar-refractivity contribution in [2.24, 2.45) is 0 Å². The molecule has 6 heteroatoms. The standard InChI is InChI=1S/C19H19BrFNO3/c1-13(7-8-14-5-3-2-4-6-14)22-18(23)12-25-19(24)16-10-9-15(20)11-17(16)21/h2-6,9-11,13H,7-8,12H2,1H3,(H,22,23)/t13-/m1/s1. The first-order valence-electron chi connectivity index (χ1n) is 7.91. The van der Waals surface area contributed by atoms with Crippen molar-refractivity contribution in [2.45, 2.75) is 25.8 Å². The fourth-order valence-corrected chi connectivity index (χ4v) is 2.61. The molecular weight excluding hydrogens is 389 g/mol. The second kappa shape index (κ2) is 9.32. The van der Waals surface area contributed by atoms with Crippen LogP contribution in [0.4, 0.5) is 4.39 Å². The van der Waals surface area contributed by atoms with Crippen LogP contribution in [-0.4, -0.2) is 24.5 Å². The van der Waals surface area contributed by atoms with Crippen LogP contribution in [0.25, 0.3) is 0 Å². The quantitative estimate of drug-likeness (QED) is 0.708. The number of hydrogen-bond donors (Lipinski definition) is 1. The molecular formula is C19H19BrFNO3. The minimum absolute atomic E-state index is 0.0594. The van der Waals surface area contributed by atoms with Crippen LogP contribution in [0.3, 0.4) is 0 Å². The summed E-state index contributed by atoms with van der Waals surface area (Å²) in [6, 6.07) is 13.9. The van der Waals surface area contributed by atoms with E-state index in [-0.39, 0.29) is 11.6 Å². The van der Waals surface area contributed by atoms with Gasteiger partial charge in [0.1, 0.15) is 5.82 Å². The number of esters is 1. The minimum Gasteiger partial charge on any atom is -0.452 e. The van der Waals surface area contributed by atoms with Gasteiger partial charge in [-0.3, -0.25) is 4.79 Å². The van der Waals surface area contributed by atoms with Gasteiger partial charge in [0.25, 0.3) is 5.91 Å². The number of hydrogen-bond acceptors (Lipinski definition) is 3. The largest absolute Gasteiger partial charge is 0.452 e. The summed E-state index contributed by atoms with van der Waals surface area (Å²) in [5, 5.41) is 2.76. The summed E-state index contributed by atoms with van der Waals surface area (Å²) in [5.74, 6) is -1.97. The van der Waals surface area contributed by atoms with Crippen LogP contribution >= 0.6 is 15.9 Å². The van der Waals surface area contributed by atoms with Crippen molar-refractivity contribution in [2.75, 3.05) is 6.61 Å². The Morgan fingerprint density at radius 3 is 2.60 bits per heavy atom. The van der Waals surface area contributed by atoms with Crippen LogP contribution in [0.1, 0.15) is 29.3 Å². The number of carbonyl (C=O) groups excluding carboxylic acids is 2. The highest BCUT2D eigenvalue weighted by molar-refractivity contribution is 9.10. The number of amides is 1. The van der Waals surface area contributed by atoms with Gasteiger partial charge in [-0.05, 0) is 43.5 Å². The van der Waals surface area contributed by atoms with Crippen LogP contribution in [0.2, 0.25) is 0 Å². The Bertz CT molecular complexity index is 737. The molecule has 0 saturated heterocycles. The van der Waals surface area contributed by atoms with Gasteiger partial charge in [0, 0.05) is 10.5 Å². The molecule has 2 aromatic carbocycles. The highest BCUT2D eigenvalue weighted by atomic mass is 79.9. The molecule has 0 saturated carbocycles. The maximum atomic E-state index is 13.7. The Morgan fingerprint density at radius 1 is 1.20 bits per heavy atom. The van der Waals surface area contributed by atoms with Crippen LogP contribution < -0.4 is 5.32 Å². The molecule has 1 N–H and O–H groups in total. The summed E-state index contributed by atoms with van der Waals surface area (Å²) in [5.41, 5.74) is 0.994. The molecule has 4 nitrogen and oxygen atoms in total. The van der Waals surface area contributed by atoms with Gasteiger partial charge in [-0.2, -0.15) is 0 Å². The van der Waals surface area contributed by atoms with E-state index in [1.165, 1.54) is 23.8 Å². The Balaban J connectivity index is 1.75. The van der Waals surface area contributed by atoms with Gasteiger partial charge in [-0.15, -0.1) is 0 Å². The van der Waals surface area contributed by atoms with Crippen molar-refractivity contribution >= 4 is 27.8 Å². The first kappa shape index (κ1) is 19.1. The third kappa shape index (κ3) is 6.31. The van der Waals surface area contributed by atoms with E-state index in [0.717, 1.165) is 12.8 Å². The molecule has 0 bridgehead atoms. The molecule has 0 aliphatic rings. The van der Waals surface area contributed by atoms with E-state index in [0.29, 0.717) is 4.47 Å². The van der Waals surface area contributed by atoms with Gasteiger partial charge < -0.3 is 10.1 Å². The average Bonchev–Trinajstić information content (AvgIpc) is 2.59. The van der Waals surface area contributed by atoms with Gasteiger partial charge in [0.15, 0.2) is 6.61 Å². The smallest absolute Gasteiger partial charge is 0.341 e. The Hall–Kier alpha value is -2.21. The van der Waals surface area contributed by atoms with E-state index in [1.807, 2.05) is 37.3 Å². The Labute approximate surface area is 154 Å². The first-order chi connectivity index (χ1) is 12.0. The fraction of sp³-hybridized carbons (Fsp3) is 0.263. The summed E-state index contributed by atoms with van der Waals surface area (Å²) in [4.78, 5) is 23.7. The zero-order valence-corrected chi connectivity index (χ0v) is 15.4. The van der Waals surface area contributed by atoms with Gasteiger partial charge in [-0.1, -0.05) is 46.3 Å². The van der Waals surface area contributed by atoms with E-state index in [4.69, 9.17) is 4.74 Å². The molecule has 2 aromatic rings. The van der Waals surface area contributed by atoms with E-state index in [2.05, 4.69) is 21.2 Å². The molecule has 0 radical (unpaired) electrons. The molecule has 2 rings (SSSR count). The van der Waals surface area contributed by atoms with E-state index >= 15 is 0 Å². The zero-order valence-electron chi connectivity index (χ0n) is 13.8. The molecule has 25 heavy (non-hydrogen) atoms. The van der Waals surface area contributed by atoms with Gasteiger partial charge >= 0.3 is 5.97 Å². The third-order valence-corrected chi connectivity index (χ3v) is 4.09. The molecule has 0 aliphatic heterocycles. The molecule has 1 atom stereocenters. The maximum Gasteiger partial charge on any atom is 0.341 e. The number of rotatable bonds is 7. The highest BCUT2D eigenvalue weighted by Crippen LogP contribution is 2.16. The fourth-order valence-electron chi connectivity index (χ4n) is 2.28. The summed E-state index contributed by atoms with van der Waals surface area (Å²) < 4.78 is 19.1. The lowest BCUT2D eigenvalue weighted by Gasteiger charge is -2.14. The molecule has 1 amide bonds. The molecule has 132 valence electrons. The van der Waals surface area contributed by atoms with Crippen LogP contribution in [0, 0.1) is 5.82 Å². The van der Waals surface area contributed by atoms with Gasteiger partial charge in [0.05, 0.1) is 5.56 Å². The average molecular weight is 408 g/mol. The lowest BCUT2D eigenvalue weighted by molar-refractivity contribution is -0.124. The van der Waals surface area contributed by atoms with Crippen molar-refractivity contribution in [3.8, 4) is 0 Å². The lowest BCUT2D eigenvalue weighted by atomic mass is 10.1. The lowest BCUT2D eigenvalue weighted by Crippen LogP contribution is -2.36. The zero-order chi connectivity index (χ0) is 18.2. The van der Waals surface area contributed by atoms with Crippen LogP contribution in [0.5, 0.6) is 0 Å². The SMILES string of the molecule is C[C@H](CCc1ccccc1)NC(=O)COC(=O)c1ccc(Br)cc1F.